The van der Waals surface area contributed by atoms with Gasteiger partial charge in [0.1, 0.15) is 22.3 Å². The average molecular weight is 586 g/mol. The molecule has 14 heteroatoms. The summed E-state index contributed by atoms with van der Waals surface area (Å²) in [4.78, 5) is 35.6. The quantitative estimate of drug-likeness (QED) is 0.162. The molecule has 5 rings (SSSR count). The Balaban J connectivity index is 0.000000189. The number of benzene rings is 2. The largest absolute Gasteiger partial charge is 0.477 e. The molecule has 10 nitrogen and oxygen atoms in total. The first kappa shape index (κ1) is 29.3. The van der Waals surface area contributed by atoms with Crippen molar-refractivity contribution < 1.29 is 27.9 Å². The summed E-state index contributed by atoms with van der Waals surface area (Å²) in [6, 6.07) is 11.5. The lowest BCUT2D eigenvalue weighted by molar-refractivity contribution is -0.137. The normalized spacial score (nSPS) is 12.6. The minimum absolute atomic E-state index is 0.0658. The molecule has 2 heterocycles. The molecule has 214 valence electrons. The lowest BCUT2D eigenvalue weighted by Crippen LogP contribution is -2.14. The molecule has 0 unspecified atom stereocenters. The number of carbonyl (C=O) groups is 2. The number of thiazole rings is 1. The minimum Gasteiger partial charge on any atom is -0.477 e. The first-order chi connectivity index (χ1) is 19.4. The Morgan fingerprint density at radius 3 is 2.41 bits per heavy atom. The van der Waals surface area contributed by atoms with Gasteiger partial charge in [0.25, 0.3) is 5.91 Å². The highest BCUT2D eigenvalue weighted by Crippen LogP contribution is 2.30. The number of nitrogens with two attached hydrogens (primary N) is 1. The number of carboxylic acid groups (broad SMARTS) is 1. The molecule has 0 aliphatic heterocycles. The fourth-order valence-electron chi connectivity index (χ4n) is 3.44. The van der Waals surface area contributed by atoms with E-state index in [2.05, 4.69) is 30.9 Å². The molecular formula is C27H26F3N7O3S. The number of nitrogen functional groups attached to an aromatic ring is 1. The molecule has 1 fully saturated rings. The van der Waals surface area contributed by atoms with Crippen LogP contribution >= 0.6 is 11.3 Å². The molecule has 0 atom stereocenters. The molecule has 0 saturated heterocycles. The van der Waals surface area contributed by atoms with Gasteiger partial charge in [-0.3, -0.25) is 4.79 Å². The highest BCUT2D eigenvalue weighted by atomic mass is 32.1. The van der Waals surface area contributed by atoms with Crippen LogP contribution in [0.1, 0.15) is 49.8 Å². The summed E-state index contributed by atoms with van der Waals surface area (Å²) >= 11 is 1.07. The van der Waals surface area contributed by atoms with Gasteiger partial charge in [-0.05, 0) is 62.6 Å². The Morgan fingerprint density at radius 2 is 1.78 bits per heavy atom. The number of aromatic nitrogens is 3. The zero-order valence-electron chi connectivity index (χ0n) is 21.9. The summed E-state index contributed by atoms with van der Waals surface area (Å²) in [5.41, 5.74) is 6.57. The van der Waals surface area contributed by atoms with Crippen LogP contribution in [0.15, 0.2) is 54.7 Å². The van der Waals surface area contributed by atoms with E-state index in [9.17, 15) is 22.8 Å². The highest BCUT2D eigenvalue weighted by molar-refractivity contribution is 7.17. The van der Waals surface area contributed by atoms with Gasteiger partial charge in [0, 0.05) is 29.0 Å². The van der Waals surface area contributed by atoms with Crippen molar-refractivity contribution in [2.75, 3.05) is 21.7 Å². The van der Waals surface area contributed by atoms with Crippen molar-refractivity contribution in [2.24, 2.45) is 0 Å². The maximum absolute atomic E-state index is 12.6. The van der Waals surface area contributed by atoms with Crippen molar-refractivity contribution in [3.8, 4) is 0 Å². The number of rotatable bonds is 7. The van der Waals surface area contributed by atoms with Crippen LogP contribution in [0, 0.1) is 13.8 Å². The van der Waals surface area contributed by atoms with Gasteiger partial charge in [0.15, 0.2) is 5.13 Å². The molecule has 41 heavy (non-hydrogen) atoms. The van der Waals surface area contributed by atoms with Crippen LogP contribution in [0.5, 0.6) is 0 Å². The third kappa shape index (κ3) is 8.38. The van der Waals surface area contributed by atoms with Crippen molar-refractivity contribution in [1.82, 2.24) is 15.0 Å². The van der Waals surface area contributed by atoms with Crippen molar-refractivity contribution in [2.45, 2.75) is 38.9 Å². The second-order valence-corrected chi connectivity index (χ2v) is 10.2. The van der Waals surface area contributed by atoms with Crippen molar-refractivity contribution >= 4 is 51.4 Å². The fourth-order valence-corrected chi connectivity index (χ4v) is 4.10. The molecule has 0 radical (unpaired) electrons. The molecule has 0 spiro atoms. The van der Waals surface area contributed by atoms with E-state index in [4.69, 9.17) is 10.8 Å². The zero-order chi connectivity index (χ0) is 29.7. The van der Waals surface area contributed by atoms with Crippen LogP contribution in [0.25, 0.3) is 0 Å². The number of nitrogens with zero attached hydrogens (tertiary/aromatic N) is 3. The number of hydrogen-bond donors (Lipinski definition) is 5. The number of aromatic carboxylic acids is 1. The van der Waals surface area contributed by atoms with E-state index in [0.717, 1.165) is 34.9 Å². The van der Waals surface area contributed by atoms with E-state index < -0.39 is 23.6 Å². The lowest BCUT2D eigenvalue weighted by Gasteiger charge is -2.10. The standard InChI is InChI=1S/C15H13F3N2O.C12H13N5O2S/c1-9-5-6-12(8-13(9)19)20-14(21)10-3-2-4-11(7-10)15(16,17)18;1-6-14-9(16-7-2-3-7)4-10(15-6)17-12-13-5-8(20-12)11(18)19/h2-8H,19H2,1H3,(H,20,21);4-5,7H,2-3H2,1H3,(H,18,19)(H2,13,14,15,16,17). The van der Waals surface area contributed by atoms with E-state index in [0.29, 0.717) is 34.2 Å². The molecule has 4 aromatic rings. The van der Waals surface area contributed by atoms with E-state index in [-0.39, 0.29) is 10.4 Å². The van der Waals surface area contributed by atoms with E-state index in [1.54, 1.807) is 24.3 Å². The van der Waals surface area contributed by atoms with Gasteiger partial charge in [-0.1, -0.05) is 23.5 Å². The zero-order valence-corrected chi connectivity index (χ0v) is 22.7. The summed E-state index contributed by atoms with van der Waals surface area (Å²) in [6.45, 7) is 3.63. The smallest absolute Gasteiger partial charge is 0.416 e. The van der Waals surface area contributed by atoms with Gasteiger partial charge in [0.2, 0.25) is 0 Å². The third-order valence-corrected chi connectivity index (χ3v) is 6.61. The SMILES string of the molecule is Cc1ccc(NC(=O)c2cccc(C(F)(F)F)c2)cc1N.Cc1nc(Nc2ncc(C(=O)O)s2)cc(NC2CC2)n1. The number of amides is 1. The Hall–Kier alpha value is -4.72. The van der Waals surface area contributed by atoms with Crippen molar-refractivity contribution in [3.63, 3.8) is 0 Å². The molecule has 2 aromatic heterocycles. The van der Waals surface area contributed by atoms with Gasteiger partial charge < -0.3 is 26.8 Å². The van der Waals surface area contributed by atoms with Gasteiger partial charge >= 0.3 is 12.1 Å². The molecule has 6 N–H and O–H groups in total. The monoisotopic (exact) mass is 585 g/mol. The summed E-state index contributed by atoms with van der Waals surface area (Å²) in [5.74, 6) is 0.424. The first-order valence-corrected chi connectivity index (χ1v) is 13.1. The van der Waals surface area contributed by atoms with Gasteiger partial charge in [-0.2, -0.15) is 13.2 Å². The summed E-state index contributed by atoms with van der Waals surface area (Å²) in [7, 11) is 0. The number of nitrogens with one attached hydrogen (secondary N) is 3. The average Bonchev–Trinajstić information content (AvgIpc) is 3.59. The second kappa shape index (κ2) is 12.2. The molecule has 2 aromatic carbocycles. The van der Waals surface area contributed by atoms with Crippen LogP contribution in [0.2, 0.25) is 0 Å². The lowest BCUT2D eigenvalue weighted by atomic mass is 10.1. The van der Waals surface area contributed by atoms with Gasteiger partial charge in [-0.25, -0.2) is 19.7 Å². The van der Waals surface area contributed by atoms with Crippen LogP contribution in [-0.2, 0) is 6.18 Å². The maximum atomic E-state index is 12.6. The number of alkyl halides is 3. The van der Waals surface area contributed by atoms with Crippen molar-refractivity contribution in [3.05, 3.63) is 82.1 Å². The Kier molecular flexibility index (Phi) is 8.71. The number of hydrogen-bond acceptors (Lipinski definition) is 9. The molecular weight excluding hydrogens is 559 g/mol. The van der Waals surface area contributed by atoms with Crippen LogP contribution in [0.3, 0.4) is 0 Å². The summed E-state index contributed by atoms with van der Waals surface area (Å²) < 4.78 is 37.8. The van der Waals surface area contributed by atoms with Gasteiger partial charge in [-0.15, -0.1) is 0 Å². The molecule has 1 aliphatic carbocycles. The Labute approximate surface area is 236 Å². The van der Waals surface area contributed by atoms with Crippen LogP contribution in [0.4, 0.5) is 41.3 Å². The molecule has 1 amide bonds. The summed E-state index contributed by atoms with van der Waals surface area (Å²) in [5, 5.41) is 18.2. The van der Waals surface area contributed by atoms with Crippen LogP contribution < -0.4 is 21.7 Å². The number of carboxylic acids is 1. The molecule has 1 aliphatic rings. The molecule has 1 saturated carbocycles. The predicted molar refractivity (Wildman–Crippen MR) is 151 cm³/mol. The second-order valence-electron chi connectivity index (χ2n) is 9.17. The number of anilines is 5. The number of halogens is 3. The molecule has 0 bridgehead atoms. The fraction of sp³-hybridized carbons (Fsp3) is 0.222. The number of carbonyl (C=O) groups excluding carboxylic acids is 1. The minimum atomic E-state index is -4.48. The Bertz CT molecular complexity index is 1570. The predicted octanol–water partition coefficient (Wildman–Crippen LogP) is 6.11. The third-order valence-electron chi connectivity index (χ3n) is 5.71. The van der Waals surface area contributed by atoms with Gasteiger partial charge in [0.05, 0.1) is 11.8 Å². The highest BCUT2D eigenvalue weighted by Gasteiger charge is 2.31. The number of aryl methyl sites for hydroxylation is 2. The topological polar surface area (TPSA) is 155 Å². The first-order valence-electron chi connectivity index (χ1n) is 12.3. The maximum Gasteiger partial charge on any atom is 0.416 e. The van der Waals surface area contributed by atoms with E-state index >= 15 is 0 Å². The Morgan fingerprint density at radius 1 is 1.05 bits per heavy atom. The van der Waals surface area contributed by atoms with Crippen molar-refractivity contribution in [1.29, 1.82) is 0 Å². The van der Waals surface area contributed by atoms with E-state index in [1.807, 2.05) is 13.8 Å². The summed E-state index contributed by atoms with van der Waals surface area (Å²) in [6.07, 6.45) is -0.822. The van der Waals surface area contributed by atoms with Crippen LogP contribution in [-0.4, -0.2) is 38.0 Å². The van der Waals surface area contributed by atoms with E-state index in [1.165, 1.54) is 31.2 Å².